The maximum atomic E-state index is 10.8. The Kier molecular flexibility index (Phi) is 4.51. The molecule has 2 aromatic heterocycles. The van der Waals surface area contributed by atoms with Crippen LogP contribution in [0.5, 0.6) is 0 Å². The summed E-state index contributed by atoms with van der Waals surface area (Å²) in [5, 5.41) is 13.2. The fourth-order valence-corrected chi connectivity index (χ4v) is 2.02. The second kappa shape index (κ2) is 6.33. The third-order valence-electron chi connectivity index (χ3n) is 2.50. The van der Waals surface area contributed by atoms with Crippen molar-refractivity contribution in [3.63, 3.8) is 0 Å². The van der Waals surface area contributed by atoms with Crippen LogP contribution < -0.4 is 0 Å². The Hall–Kier alpha value is -1.89. The van der Waals surface area contributed by atoms with Crippen molar-refractivity contribution in [2.75, 3.05) is 12.0 Å². The van der Waals surface area contributed by atoms with E-state index >= 15 is 0 Å². The van der Waals surface area contributed by atoms with E-state index in [1.807, 2.05) is 6.26 Å². The third kappa shape index (κ3) is 3.54. The average molecular weight is 278 g/mol. The molecule has 7 heteroatoms. The molecule has 0 unspecified atom stereocenters. The molecule has 100 valence electrons. The highest BCUT2D eigenvalue weighted by Gasteiger charge is 2.13. The molecule has 0 aliphatic rings. The molecule has 0 atom stereocenters. The molecule has 0 amide bonds. The molecule has 19 heavy (non-hydrogen) atoms. The molecule has 0 aliphatic heterocycles. The van der Waals surface area contributed by atoms with Gasteiger partial charge >= 0.3 is 5.97 Å². The number of hydrogen-bond acceptors (Lipinski definition) is 5. The second-order valence-electron chi connectivity index (χ2n) is 3.88. The van der Waals surface area contributed by atoms with E-state index in [9.17, 15) is 4.79 Å². The topological polar surface area (TPSA) is 80.9 Å². The zero-order valence-electron chi connectivity index (χ0n) is 10.5. The van der Waals surface area contributed by atoms with Gasteiger partial charge in [0.15, 0.2) is 5.82 Å². The van der Waals surface area contributed by atoms with Crippen molar-refractivity contribution in [1.82, 2.24) is 19.7 Å². The normalized spacial score (nSPS) is 10.6. The van der Waals surface area contributed by atoms with Crippen LogP contribution in [0.2, 0.25) is 0 Å². The van der Waals surface area contributed by atoms with E-state index in [0.717, 1.165) is 11.3 Å². The molecule has 0 bridgehead atoms. The highest BCUT2D eigenvalue weighted by atomic mass is 32.2. The Balaban J connectivity index is 2.31. The summed E-state index contributed by atoms with van der Waals surface area (Å²) in [6.45, 7) is -0.165. The summed E-state index contributed by atoms with van der Waals surface area (Å²) in [5.74, 6) is 1.20. The van der Waals surface area contributed by atoms with E-state index in [4.69, 9.17) is 5.11 Å². The minimum absolute atomic E-state index is 0.165. The van der Waals surface area contributed by atoms with Gasteiger partial charge in [0.25, 0.3) is 0 Å². The van der Waals surface area contributed by atoms with Gasteiger partial charge in [-0.1, -0.05) is 0 Å². The van der Waals surface area contributed by atoms with Gasteiger partial charge in [-0.2, -0.15) is 16.9 Å². The lowest BCUT2D eigenvalue weighted by molar-refractivity contribution is -0.137. The maximum Gasteiger partial charge on any atom is 0.325 e. The average Bonchev–Trinajstić information content (AvgIpc) is 2.80. The fourth-order valence-electron chi connectivity index (χ4n) is 1.63. The van der Waals surface area contributed by atoms with Crippen molar-refractivity contribution in [3.05, 3.63) is 30.4 Å². The summed E-state index contributed by atoms with van der Waals surface area (Å²) in [6.07, 6.45) is 6.03. The number of aliphatic carboxylic acids is 1. The van der Waals surface area contributed by atoms with Crippen LogP contribution in [0.4, 0.5) is 0 Å². The quantitative estimate of drug-likeness (QED) is 0.858. The molecule has 2 aromatic rings. The molecule has 0 saturated heterocycles. The van der Waals surface area contributed by atoms with Crippen LogP contribution in [0, 0.1) is 0 Å². The number of pyridine rings is 1. The largest absolute Gasteiger partial charge is 0.480 e. The third-order valence-corrected chi connectivity index (χ3v) is 3.11. The van der Waals surface area contributed by atoms with Crippen molar-refractivity contribution in [1.29, 1.82) is 0 Å². The number of rotatable bonds is 6. The molecule has 0 spiro atoms. The van der Waals surface area contributed by atoms with E-state index in [2.05, 4.69) is 15.1 Å². The van der Waals surface area contributed by atoms with Gasteiger partial charge < -0.3 is 5.11 Å². The van der Waals surface area contributed by atoms with Crippen LogP contribution in [0.25, 0.3) is 11.4 Å². The van der Waals surface area contributed by atoms with Crippen LogP contribution in [0.1, 0.15) is 5.82 Å². The molecule has 2 heterocycles. The number of hydrogen-bond donors (Lipinski definition) is 1. The lowest BCUT2D eigenvalue weighted by atomic mass is 10.2. The van der Waals surface area contributed by atoms with Crippen molar-refractivity contribution in [3.8, 4) is 11.4 Å². The molecule has 0 aromatic carbocycles. The van der Waals surface area contributed by atoms with Gasteiger partial charge in [-0.25, -0.2) is 9.67 Å². The Bertz CT molecular complexity index is 556. The van der Waals surface area contributed by atoms with Crippen molar-refractivity contribution in [2.45, 2.75) is 13.0 Å². The first kappa shape index (κ1) is 13.5. The number of thioether (sulfide) groups is 1. The number of carbonyl (C=O) groups is 1. The standard InChI is InChI=1S/C12H14N4O2S/c1-19-7-4-10-14-12(9-2-5-13-6-3-9)15-16(10)8-11(17)18/h2-3,5-6H,4,7-8H2,1H3,(H,17,18). The minimum atomic E-state index is -0.920. The smallest absolute Gasteiger partial charge is 0.325 e. The van der Waals surface area contributed by atoms with Crippen LogP contribution in [0.15, 0.2) is 24.5 Å². The van der Waals surface area contributed by atoms with E-state index in [1.165, 1.54) is 4.68 Å². The number of nitrogens with zero attached hydrogens (tertiary/aromatic N) is 4. The predicted octanol–water partition coefficient (Wildman–Crippen LogP) is 1.33. The molecule has 6 nitrogen and oxygen atoms in total. The van der Waals surface area contributed by atoms with Gasteiger partial charge in [0.1, 0.15) is 12.4 Å². The first-order valence-corrected chi connectivity index (χ1v) is 7.15. The molecule has 0 radical (unpaired) electrons. The summed E-state index contributed by atoms with van der Waals surface area (Å²) in [6, 6.07) is 3.61. The van der Waals surface area contributed by atoms with Crippen LogP contribution in [-0.4, -0.2) is 42.8 Å². The van der Waals surface area contributed by atoms with Crippen LogP contribution in [0.3, 0.4) is 0 Å². The van der Waals surface area contributed by atoms with Gasteiger partial charge in [-0.05, 0) is 18.4 Å². The van der Waals surface area contributed by atoms with Crippen molar-refractivity contribution >= 4 is 17.7 Å². The molecule has 0 aliphatic carbocycles. The van der Waals surface area contributed by atoms with Crippen LogP contribution >= 0.6 is 11.8 Å². The summed E-state index contributed by atoms with van der Waals surface area (Å²) < 4.78 is 1.45. The lowest BCUT2D eigenvalue weighted by Crippen LogP contribution is -2.13. The number of carboxylic acids is 1. The second-order valence-corrected chi connectivity index (χ2v) is 4.87. The highest BCUT2D eigenvalue weighted by Crippen LogP contribution is 2.15. The Morgan fingerprint density at radius 2 is 2.16 bits per heavy atom. The number of aryl methyl sites for hydroxylation is 1. The number of aromatic nitrogens is 4. The predicted molar refractivity (Wildman–Crippen MR) is 73.0 cm³/mol. The van der Waals surface area contributed by atoms with E-state index in [-0.39, 0.29) is 6.54 Å². The van der Waals surface area contributed by atoms with Crippen molar-refractivity contribution < 1.29 is 9.90 Å². The monoisotopic (exact) mass is 278 g/mol. The van der Waals surface area contributed by atoms with Gasteiger partial charge in [-0.3, -0.25) is 9.78 Å². The molecular formula is C12H14N4O2S. The number of carboxylic acid groups (broad SMARTS) is 1. The summed E-state index contributed by atoms with van der Waals surface area (Å²) in [7, 11) is 0. The van der Waals surface area contributed by atoms with Crippen LogP contribution in [-0.2, 0) is 17.8 Å². The Morgan fingerprint density at radius 3 is 2.79 bits per heavy atom. The maximum absolute atomic E-state index is 10.8. The lowest BCUT2D eigenvalue weighted by Gasteiger charge is -2.00. The fraction of sp³-hybridized carbons (Fsp3) is 0.333. The van der Waals surface area contributed by atoms with Gasteiger partial charge in [0, 0.05) is 30.1 Å². The summed E-state index contributed by atoms with van der Waals surface area (Å²) in [4.78, 5) is 19.2. The van der Waals surface area contributed by atoms with E-state index in [1.54, 1.807) is 36.3 Å². The first-order chi connectivity index (χ1) is 9.20. The highest BCUT2D eigenvalue weighted by molar-refractivity contribution is 7.98. The molecule has 0 fully saturated rings. The summed E-state index contributed by atoms with van der Waals surface area (Å²) in [5.41, 5.74) is 0.838. The Labute approximate surface area is 114 Å². The molecular weight excluding hydrogens is 264 g/mol. The Morgan fingerprint density at radius 1 is 1.42 bits per heavy atom. The minimum Gasteiger partial charge on any atom is -0.480 e. The van der Waals surface area contributed by atoms with Gasteiger partial charge in [-0.15, -0.1) is 0 Å². The van der Waals surface area contributed by atoms with E-state index < -0.39 is 5.97 Å². The molecule has 2 rings (SSSR count). The SMILES string of the molecule is CSCCc1nc(-c2ccncc2)nn1CC(=O)O. The van der Waals surface area contributed by atoms with Gasteiger partial charge in [0.2, 0.25) is 0 Å². The molecule has 0 saturated carbocycles. The first-order valence-electron chi connectivity index (χ1n) is 5.75. The zero-order chi connectivity index (χ0) is 13.7. The van der Waals surface area contributed by atoms with Gasteiger partial charge in [0.05, 0.1) is 0 Å². The zero-order valence-corrected chi connectivity index (χ0v) is 11.3. The molecule has 1 N–H and O–H groups in total. The summed E-state index contributed by atoms with van der Waals surface area (Å²) >= 11 is 1.69. The van der Waals surface area contributed by atoms with Crippen molar-refractivity contribution in [2.24, 2.45) is 0 Å². The van der Waals surface area contributed by atoms with E-state index in [0.29, 0.717) is 18.1 Å².